The Bertz CT molecular complexity index is 624. The highest BCUT2D eigenvalue weighted by molar-refractivity contribution is 5.98. The minimum atomic E-state index is 0.155. The van der Waals surface area contributed by atoms with Crippen LogP contribution < -0.4 is 5.32 Å². The molecule has 2 aromatic rings. The average molecular weight is 271 g/mol. The molecule has 1 aromatic heterocycles. The number of likely N-dealkylation sites (tertiary alicyclic amines) is 1. The number of nitrogens with zero attached hydrogens (tertiary/aromatic N) is 1. The first kappa shape index (κ1) is 13.2. The zero-order valence-corrected chi connectivity index (χ0v) is 12.1. The minimum absolute atomic E-state index is 0.155. The fourth-order valence-electron chi connectivity index (χ4n) is 2.95. The van der Waals surface area contributed by atoms with Crippen molar-refractivity contribution >= 4 is 16.8 Å². The van der Waals surface area contributed by atoms with Crippen molar-refractivity contribution in [1.82, 2.24) is 15.2 Å². The van der Waals surface area contributed by atoms with Crippen molar-refractivity contribution in [3.8, 4) is 0 Å². The van der Waals surface area contributed by atoms with E-state index in [0.29, 0.717) is 6.04 Å². The molecule has 1 aliphatic heterocycles. The summed E-state index contributed by atoms with van der Waals surface area (Å²) in [5.74, 6) is 0.155. The van der Waals surface area contributed by atoms with Crippen LogP contribution in [0.4, 0.5) is 0 Å². The van der Waals surface area contributed by atoms with Crippen LogP contribution in [0.3, 0.4) is 0 Å². The molecule has 0 bridgehead atoms. The molecular formula is C16H21N3O. The molecule has 2 N–H and O–H groups in total. The molecular weight excluding hydrogens is 250 g/mol. The van der Waals surface area contributed by atoms with Crippen LogP contribution in [0.1, 0.15) is 28.8 Å². The zero-order valence-electron chi connectivity index (χ0n) is 12.1. The normalized spacial score (nSPS) is 16.8. The molecule has 1 amide bonds. The molecule has 1 saturated heterocycles. The number of H-pyrrole nitrogens is 1. The maximum atomic E-state index is 12.6. The molecule has 1 aromatic carbocycles. The van der Waals surface area contributed by atoms with Crippen LogP contribution in [-0.2, 0) is 0 Å². The van der Waals surface area contributed by atoms with Crippen molar-refractivity contribution in [2.75, 3.05) is 20.1 Å². The number of carbonyl (C=O) groups is 1. The highest BCUT2D eigenvalue weighted by Crippen LogP contribution is 2.21. The molecule has 3 rings (SSSR count). The van der Waals surface area contributed by atoms with Crippen molar-refractivity contribution in [1.29, 1.82) is 0 Å². The summed E-state index contributed by atoms with van der Waals surface area (Å²) in [7, 11) is 1.99. The Hall–Kier alpha value is -1.81. The van der Waals surface area contributed by atoms with Gasteiger partial charge in [-0.1, -0.05) is 0 Å². The number of nitrogens with one attached hydrogen (secondary N) is 2. The lowest BCUT2D eigenvalue weighted by Gasteiger charge is -2.31. The molecule has 20 heavy (non-hydrogen) atoms. The predicted molar refractivity (Wildman–Crippen MR) is 81.0 cm³/mol. The Morgan fingerprint density at radius 1 is 1.35 bits per heavy atom. The first-order valence-corrected chi connectivity index (χ1v) is 7.23. The number of rotatable bonds is 2. The third kappa shape index (κ3) is 2.31. The Morgan fingerprint density at radius 2 is 2.10 bits per heavy atom. The number of piperidine rings is 1. The van der Waals surface area contributed by atoms with E-state index >= 15 is 0 Å². The number of carbonyl (C=O) groups excluding carboxylic acids is 1. The summed E-state index contributed by atoms with van der Waals surface area (Å²) in [5, 5.41) is 4.43. The molecule has 0 aliphatic carbocycles. The van der Waals surface area contributed by atoms with Gasteiger partial charge in [0.1, 0.15) is 0 Å². The van der Waals surface area contributed by atoms with Gasteiger partial charge in [0.25, 0.3) is 5.91 Å². The highest BCUT2D eigenvalue weighted by Gasteiger charge is 2.22. The van der Waals surface area contributed by atoms with E-state index in [0.717, 1.165) is 42.4 Å². The second-order valence-electron chi connectivity index (χ2n) is 5.59. The van der Waals surface area contributed by atoms with Gasteiger partial charge in [-0.3, -0.25) is 4.79 Å². The van der Waals surface area contributed by atoms with Crippen molar-refractivity contribution in [3.05, 3.63) is 35.5 Å². The Labute approximate surface area is 119 Å². The molecule has 1 aliphatic rings. The standard InChI is InChI=1S/C16H21N3O/c1-11-10-18-15-4-3-12(9-14(11)15)16(20)19-7-5-13(17-2)6-8-19/h3-4,9-10,13,17-18H,5-8H2,1-2H3. The number of hydrogen-bond donors (Lipinski definition) is 2. The Balaban J connectivity index is 1.80. The highest BCUT2D eigenvalue weighted by atomic mass is 16.2. The lowest BCUT2D eigenvalue weighted by Crippen LogP contribution is -2.43. The van der Waals surface area contributed by atoms with Crippen LogP contribution in [0.2, 0.25) is 0 Å². The van der Waals surface area contributed by atoms with Gasteiger partial charge >= 0.3 is 0 Å². The molecule has 0 atom stereocenters. The topological polar surface area (TPSA) is 48.1 Å². The number of hydrogen-bond acceptors (Lipinski definition) is 2. The lowest BCUT2D eigenvalue weighted by atomic mass is 10.0. The number of benzene rings is 1. The van der Waals surface area contributed by atoms with Crippen molar-refractivity contribution in [2.45, 2.75) is 25.8 Å². The molecule has 2 heterocycles. The third-order valence-electron chi connectivity index (χ3n) is 4.33. The number of amides is 1. The van der Waals surface area contributed by atoms with Gasteiger partial charge in [0, 0.05) is 41.8 Å². The van der Waals surface area contributed by atoms with Gasteiger partial charge in [-0.25, -0.2) is 0 Å². The van der Waals surface area contributed by atoms with E-state index in [4.69, 9.17) is 0 Å². The second kappa shape index (κ2) is 5.29. The van der Waals surface area contributed by atoms with Crippen LogP contribution in [-0.4, -0.2) is 42.0 Å². The van der Waals surface area contributed by atoms with Crippen LogP contribution in [0.15, 0.2) is 24.4 Å². The Morgan fingerprint density at radius 3 is 2.80 bits per heavy atom. The molecule has 0 spiro atoms. The van der Waals surface area contributed by atoms with Crippen LogP contribution in [0.25, 0.3) is 10.9 Å². The van der Waals surface area contributed by atoms with E-state index in [2.05, 4.69) is 17.2 Å². The monoisotopic (exact) mass is 271 g/mol. The maximum Gasteiger partial charge on any atom is 0.253 e. The molecule has 106 valence electrons. The van der Waals surface area contributed by atoms with Crippen molar-refractivity contribution < 1.29 is 4.79 Å². The van der Waals surface area contributed by atoms with E-state index in [1.165, 1.54) is 5.56 Å². The van der Waals surface area contributed by atoms with Crippen molar-refractivity contribution in [3.63, 3.8) is 0 Å². The van der Waals surface area contributed by atoms with E-state index in [-0.39, 0.29) is 5.91 Å². The number of aryl methyl sites for hydroxylation is 1. The number of fused-ring (bicyclic) bond motifs is 1. The van der Waals surface area contributed by atoms with Crippen LogP contribution in [0, 0.1) is 6.92 Å². The summed E-state index contributed by atoms with van der Waals surface area (Å²) < 4.78 is 0. The SMILES string of the molecule is CNC1CCN(C(=O)c2ccc3[nH]cc(C)c3c2)CC1. The first-order valence-electron chi connectivity index (χ1n) is 7.23. The van der Waals surface area contributed by atoms with Crippen LogP contribution in [0.5, 0.6) is 0 Å². The van der Waals surface area contributed by atoms with Gasteiger partial charge in [-0.05, 0) is 50.6 Å². The van der Waals surface area contributed by atoms with E-state index in [1.807, 2.05) is 36.3 Å². The first-order chi connectivity index (χ1) is 9.69. The Kier molecular flexibility index (Phi) is 3.49. The van der Waals surface area contributed by atoms with Gasteiger partial charge in [-0.2, -0.15) is 0 Å². The summed E-state index contributed by atoms with van der Waals surface area (Å²) in [6, 6.07) is 6.47. The smallest absolute Gasteiger partial charge is 0.253 e. The fourth-order valence-corrected chi connectivity index (χ4v) is 2.95. The summed E-state index contributed by atoms with van der Waals surface area (Å²) in [4.78, 5) is 17.7. The van der Waals surface area contributed by atoms with Gasteiger partial charge in [0.15, 0.2) is 0 Å². The predicted octanol–water partition coefficient (Wildman–Crippen LogP) is 2.30. The summed E-state index contributed by atoms with van der Waals surface area (Å²) in [6.45, 7) is 3.74. The molecule has 4 heteroatoms. The van der Waals surface area contributed by atoms with Gasteiger partial charge in [0.05, 0.1) is 0 Å². The summed E-state index contributed by atoms with van der Waals surface area (Å²) >= 11 is 0. The molecule has 0 unspecified atom stereocenters. The zero-order chi connectivity index (χ0) is 14.1. The van der Waals surface area contributed by atoms with Crippen molar-refractivity contribution in [2.24, 2.45) is 0 Å². The molecule has 1 fully saturated rings. The minimum Gasteiger partial charge on any atom is -0.361 e. The van der Waals surface area contributed by atoms with Crippen LogP contribution >= 0.6 is 0 Å². The fraction of sp³-hybridized carbons (Fsp3) is 0.438. The van der Waals surface area contributed by atoms with E-state index < -0.39 is 0 Å². The third-order valence-corrected chi connectivity index (χ3v) is 4.33. The number of aromatic amines is 1. The molecule has 0 radical (unpaired) electrons. The lowest BCUT2D eigenvalue weighted by molar-refractivity contribution is 0.0707. The van der Waals surface area contributed by atoms with Gasteiger partial charge < -0.3 is 15.2 Å². The molecule has 0 saturated carbocycles. The second-order valence-corrected chi connectivity index (χ2v) is 5.59. The summed E-state index contributed by atoms with van der Waals surface area (Å²) in [6.07, 6.45) is 4.05. The average Bonchev–Trinajstić information content (AvgIpc) is 2.87. The van der Waals surface area contributed by atoms with E-state index in [1.54, 1.807) is 0 Å². The molecule has 4 nitrogen and oxygen atoms in total. The number of aromatic nitrogens is 1. The van der Waals surface area contributed by atoms with Gasteiger partial charge in [-0.15, -0.1) is 0 Å². The summed E-state index contributed by atoms with van der Waals surface area (Å²) in [5.41, 5.74) is 3.07. The quantitative estimate of drug-likeness (QED) is 0.880. The maximum absolute atomic E-state index is 12.6. The van der Waals surface area contributed by atoms with E-state index in [9.17, 15) is 4.79 Å². The van der Waals surface area contributed by atoms with Gasteiger partial charge in [0.2, 0.25) is 0 Å². The largest absolute Gasteiger partial charge is 0.361 e.